The summed E-state index contributed by atoms with van der Waals surface area (Å²) in [5.41, 5.74) is 3.44. The van der Waals surface area contributed by atoms with Crippen LogP contribution >= 0.6 is 7.49 Å². The third kappa shape index (κ3) is 9.87. The van der Waals surface area contributed by atoms with Crippen LogP contribution in [0.4, 0.5) is 0 Å². The minimum absolute atomic E-state index is 0. The second kappa shape index (κ2) is 15.0. The average Bonchev–Trinajstić information content (AvgIpc) is 2.63. The van der Waals surface area contributed by atoms with E-state index in [4.69, 9.17) is 18.5 Å². The fraction of sp³-hybridized carbons (Fsp3) is 0.652. The maximum absolute atomic E-state index is 7.50. The van der Waals surface area contributed by atoms with Crippen LogP contribution < -0.4 is 0 Å². The summed E-state index contributed by atoms with van der Waals surface area (Å²) in [4.78, 5) is 0. The van der Waals surface area contributed by atoms with E-state index >= 15 is 0 Å². The van der Waals surface area contributed by atoms with E-state index in [1.807, 2.05) is 7.11 Å². The minimum Gasteiger partial charge on any atom is 0 e. The quantitative estimate of drug-likeness (QED) is 0.258. The maximum atomic E-state index is 7.50. The van der Waals surface area contributed by atoms with Crippen molar-refractivity contribution in [2.24, 2.45) is 16.2 Å². The second-order valence-electron chi connectivity index (χ2n) is 9.50. The third-order valence-electron chi connectivity index (χ3n) is 4.52. The molecule has 0 bridgehead atoms. The van der Waals surface area contributed by atoms with E-state index in [0.29, 0.717) is 0 Å². The molecule has 0 amide bonds. The first-order valence-electron chi connectivity index (χ1n) is 9.08. The van der Waals surface area contributed by atoms with Gasteiger partial charge in [-0.3, -0.25) is 0 Å². The first kappa shape index (κ1) is 36.5. The predicted molar refractivity (Wildman–Crippen MR) is 113 cm³/mol. The zero-order chi connectivity index (χ0) is 23.6. The molecule has 0 aromatic heterocycles. The molecule has 1 fully saturated rings. The van der Waals surface area contributed by atoms with E-state index < -0.39 is 7.49 Å². The largest absolute Gasteiger partial charge is 0 e. The smallest absolute Gasteiger partial charge is 0 e. The molecule has 1 aliphatic rings. The molecule has 4 nitrogen and oxygen atoms in total. The van der Waals surface area contributed by atoms with Crippen molar-refractivity contribution < 1.29 is 35.8 Å². The molecule has 0 saturated carbocycles. The second-order valence-corrected chi connectivity index (χ2v) is 12.9. The van der Waals surface area contributed by atoms with Gasteiger partial charge >= 0.3 is 33.9 Å². The van der Waals surface area contributed by atoms with Gasteiger partial charge in [0.05, 0.1) is 13.3 Å². The van der Waals surface area contributed by atoms with Crippen LogP contribution in [-0.4, -0.2) is 13.3 Å². The topological polar surface area (TPSA) is 68.9 Å². The summed E-state index contributed by atoms with van der Waals surface area (Å²) < 4.78 is 28.8. The molecule has 0 spiro atoms. The standard InChI is InChI=1S/C20H37OP.3CO.Cr/c1-12-22(21-11)16(19(5,6)7)13-15(18(2,3)4)14-17(22)20(8,9)10;3*1-2;/h13-14H,12H2,1-11H3;;;;/q+1;;;;. The molecule has 0 aliphatic carbocycles. The minimum atomic E-state index is -1.72. The van der Waals surface area contributed by atoms with Crippen LogP contribution in [0.15, 0.2) is 0 Å². The molecule has 29 heavy (non-hydrogen) atoms. The molecule has 0 N–H and O–H groups in total. The van der Waals surface area contributed by atoms with Gasteiger partial charge in [0.2, 0.25) is 0 Å². The molecule has 0 atom stereocenters. The Kier molecular flexibility index (Phi) is 18.9. The van der Waals surface area contributed by atoms with Gasteiger partial charge in [0, 0.05) is 41.0 Å². The van der Waals surface area contributed by atoms with Gasteiger partial charge in [0.1, 0.15) is 0 Å². The molecule has 0 unspecified atom stereocenters. The maximum Gasteiger partial charge on any atom is 0 e. The predicted octanol–water partition coefficient (Wildman–Crippen LogP) is 6.67. The van der Waals surface area contributed by atoms with Crippen molar-refractivity contribution in [2.75, 3.05) is 13.3 Å². The van der Waals surface area contributed by atoms with Crippen LogP contribution in [0.1, 0.15) is 69.2 Å². The molecular weight excluding hydrogens is 423 g/mol. The Morgan fingerprint density at radius 3 is 1.14 bits per heavy atom. The fourth-order valence-electron chi connectivity index (χ4n) is 3.29. The Hall–Kier alpha value is 0.142. The molecule has 1 rings (SSSR count). The van der Waals surface area contributed by atoms with E-state index in [1.165, 1.54) is 17.2 Å². The van der Waals surface area contributed by atoms with Crippen molar-refractivity contribution in [3.63, 3.8) is 0 Å². The summed E-state index contributed by atoms with van der Waals surface area (Å²) in [6.45, 7) is 36.7. The first-order valence-corrected chi connectivity index (χ1v) is 11.0. The van der Waals surface area contributed by atoms with Gasteiger partial charge < -0.3 is 0 Å². The molecule has 1 saturated heterocycles. The van der Waals surface area contributed by atoms with Crippen molar-refractivity contribution >= 4 is 7.49 Å². The average molecular weight is 461 g/mol. The van der Waals surface area contributed by atoms with Gasteiger partial charge in [0.25, 0.3) is 0 Å². The van der Waals surface area contributed by atoms with Gasteiger partial charge in [0.15, 0.2) is 18.8 Å². The van der Waals surface area contributed by atoms with Crippen molar-refractivity contribution in [3.05, 3.63) is 50.0 Å². The Bertz CT molecular complexity index is 448. The first-order chi connectivity index (χ1) is 12.7. The molecule has 1 heterocycles. The summed E-state index contributed by atoms with van der Waals surface area (Å²) in [7, 11) is 0.194. The SMILES string of the molecule is CC[P+]1(OC)[C](C(C)(C)C)[CH][C](C(C)(C)C)[CH][C]1C(C)(C)C.[C-]#[O+].[C-]#[O+].[C-]#[O+].[Cr]. The van der Waals surface area contributed by atoms with E-state index in [9.17, 15) is 0 Å². The molecule has 163 valence electrons. The van der Waals surface area contributed by atoms with Crippen molar-refractivity contribution in [3.8, 4) is 0 Å². The van der Waals surface area contributed by atoms with Crippen LogP contribution in [0, 0.1) is 66.3 Å². The van der Waals surface area contributed by atoms with Crippen LogP contribution in [-0.2, 0) is 35.8 Å². The molecule has 5 radical (unpaired) electrons. The Balaban J connectivity index is -0.000000407. The van der Waals surface area contributed by atoms with Crippen molar-refractivity contribution in [1.29, 1.82) is 0 Å². The third-order valence-corrected chi connectivity index (χ3v) is 9.19. The van der Waals surface area contributed by atoms with Gasteiger partial charge in [-0.05, 0) is 18.3 Å². The molecule has 1 aliphatic heterocycles. The number of rotatable bonds is 2. The van der Waals surface area contributed by atoms with Crippen LogP contribution in [0.2, 0.25) is 0 Å². The summed E-state index contributed by atoms with van der Waals surface area (Å²) in [6, 6.07) is 0. The summed E-state index contributed by atoms with van der Waals surface area (Å²) in [6.07, 6.45) is 5.99. The van der Waals surface area contributed by atoms with E-state index in [2.05, 4.69) is 102 Å². The zero-order valence-corrected chi connectivity index (χ0v) is 22.0. The summed E-state index contributed by atoms with van der Waals surface area (Å²) in [5, 5.41) is 0. The van der Waals surface area contributed by atoms with Gasteiger partial charge in [-0.15, -0.1) is 0 Å². The van der Waals surface area contributed by atoms with Gasteiger partial charge in [-0.25, -0.2) is 4.52 Å². The van der Waals surface area contributed by atoms with E-state index in [0.717, 1.165) is 6.16 Å². The Morgan fingerprint density at radius 2 is 1.00 bits per heavy atom. The van der Waals surface area contributed by atoms with Gasteiger partial charge in [-0.2, -0.15) is 0 Å². The van der Waals surface area contributed by atoms with Crippen LogP contribution in [0.5, 0.6) is 0 Å². The van der Waals surface area contributed by atoms with Crippen LogP contribution in [0.3, 0.4) is 0 Å². The van der Waals surface area contributed by atoms with Gasteiger partial charge in [-0.1, -0.05) is 62.3 Å². The van der Waals surface area contributed by atoms with Crippen LogP contribution in [0.25, 0.3) is 0 Å². The molecule has 0 aromatic carbocycles. The molecular formula is C23H37CrO4P+. The molecule has 0 aromatic rings. The van der Waals surface area contributed by atoms with Crippen molar-refractivity contribution in [2.45, 2.75) is 69.2 Å². The Labute approximate surface area is 192 Å². The zero-order valence-electron chi connectivity index (χ0n) is 19.9. The Morgan fingerprint density at radius 1 is 0.724 bits per heavy atom. The van der Waals surface area contributed by atoms with Crippen molar-refractivity contribution in [1.82, 2.24) is 0 Å². The molecule has 6 heteroatoms. The number of hydrogen-bond donors (Lipinski definition) is 0. The fourth-order valence-corrected chi connectivity index (χ4v) is 7.75. The summed E-state index contributed by atoms with van der Waals surface area (Å²) >= 11 is 0. The monoisotopic (exact) mass is 460 g/mol. The van der Waals surface area contributed by atoms with E-state index in [-0.39, 0.29) is 33.6 Å². The van der Waals surface area contributed by atoms with E-state index in [1.54, 1.807) is 0 Å². The normalized spacial score (nSPS) is 17.7. The summed E-state index contributed by atoms with van der Waals surface area (Å²) in [5.74, 6) is 1.43. The number of hydrogen-bond acceptors (Lipinski definition) is 1.